The summed E-state index contributed by atoms with van der Waals surface area (Å²) < 4.78 is 24.4. The van der Waals surface area contributed by atoms with Gasteiger partial charge in [-0.3, -0.25) is 0 Å². The van der Waals surface area contributed by atoms with E-state index in [1.807, 2.05) is 0 Å². The smallest absolute Gasteiger partial charge is 1.00 e. The van der Waals surface area contributed by atoms with Crippen LogP contribution in [0.3, 0.4) is 0 Å². The summed E-state index contributed by atoms with van der Waals surface area (Å²) in [6.45, 7) is 0. The van der Waals surface area contributed by atoms with Gasteiger partial charge in [0.2, 0.25) is 0 Å². The monoisotopic (exact) mass is 330 g/mol. The van der Waals surface area contributed by atoms with Crippen LogP contribution >= 0.6 is 11.6 Å². The number of benzene rings is 1. The van der Waals surface area contributed by atoms with Crippen molar-refractivity contribution < 1.29 is 42.7 Å². The molecule has 0 saturated carbocycles. The molecule has 0 fully saturated rings. The van der Waals surface area contributed by atoms with Crippen molar-refractivity contribution >= 4 is 34.7 Å². The molecule has 0 aliphatic carbocycles. The molecule has 0 aromatic heterocycles. The number of hydrogen-bond acceptors (Lipinski definition) is 0. The Kier molecular flexibility index (Phi) is 13.6. The summed E-state index contributed by atoms with van der Waals surface area (Å²) in [6.07, 6.45) is 0. The van der Waals surface area contributed by atoms with Crippen LogP contribution in [-0.4, -0.2) is 23.1 Å². The van der Waals surface area contributed by atoms with Crippen molar-refractivity contribution in [1.82, 2.24) is 0 Å². The van der Waals surface area contributed by atoms with Gasteiger partial charge in [0.05, 0.1) is 0 Å². The van der Waals surface area contributed by atoms with Crippen molar-refractivity contribution in [2.45, 2.75) is 0 Å². The van der Waals surface area contributed by atoms with Gasteiger partial charge in [0, 0.05) is 0 Å². The zero-order valence-corrected chi connectivity index (χ0v) is 11.2. The van der Waals surface area contributed by atoms with Gasteiger partial charge >= 0.3 is 23.1 Å². The molecular weight excluding hydrogens is 330 g/mol. The van der Waals surface area contributed by atoms with E-state index in [9.17, 15) is 8.78 Å². The van der Waals surface area contributed by atoms with E-state index in [4.69, 9.17) is 11.6 Å². The van der Waals surface area contributed by atoms with Crippen LogP contribution in [0.25, 0.3) is 0 Å². The molecule has 0 aliphatic rings. The van der Waals surface area contributed by atoms with Crippen molar-refractivity contribution in [2.75, 3.05) is 0 Å². The largest absolute Gasteiger partial charge is 2.00 e. The van der Waals surface area contributed by atoms with Gasteiger partial charge < -0.3 is 34.0 Å². The summed E-state index contributed by atoms with van der Waals surface area (Å²) in [4.78, 5) is 0. The van der Waals surface area contributed by atoms with Gasteiger partial charge in [-0.15, -0.1) is 0 Å². The molecule has 0 spiro atoms. The summed E-state index contributed by atoms with van der Waals surface area (Å²) in [6, 6.07) is 3.47. The number of hydrogen-bond donors (Lipinski definition) is 0. The maximum atomic E-state index is 12.2. The molecule has 64 valence electrons. The van der Waals surface area contributed by atoms with E-state index in [-0.39, 0.29) is 57.0 Å². The van der Waals surface area contributed by atoms with Crippen LogP contribution in [0, 0.1) is 11.6 Å². The third-order valence-corrected chi connectivity index (χ3v) is 1.27. The molecule has 0 radical (unpaired) electrons. The third-order valence-electron chi connectivity index (χ3n) is 0.904. The Morgan fingerprint density at radius 3 is 1.58 bits per heavy atom. The van der Waals surface area contributed by atoms with Crippen molar-refractivity contribution in [2.24, 2.45) is 0 Å². The molecule has 0 unspecified atom stereocenters. The minimum Gasteiger partial charge on any atom is -1.00 e. The molecule has 0 saturated heterocycles. The Bertz CT molecular complexity index is 215. The maximum Gasteiger partial charge on any atom is 2.00 e. The molecule has 12 heavy (non-hydrogen) atoms. The fraction of sp³-hybridized carbons (Fsp3) is 0. The van der Waals surface area contributed by atoms with Crippen LogP contribution in [0.15, 0.2) is 18.2 Å². The number of rotatable bonds is 0. The zero-order valence-electron chi connectivity index (χ0n) is 5.83. The first-order valence-corrected chi connectivity index (χ1v) is 2.69. The second-order valence-corrected chi connectivity index (χ2v) is 1.91. The Morgan fingerprint density at radius 1 is 1.00 bits per heavy atom. The van der Waals surface area contributed by atoms with Crippen LogP contribution < -0.4 is 34.0 Å². The van der Waals surface area contributed by atoms with Crippen molar-refractivity contribution in [1.29, 1.82) is 0 Å². The van der Waals surface area contributed by atoms with E-state index in [2.05, 4.69) is 0 Å². The molecular formula is C6H3Br2ClF2Mg. The SMILES string of the molecule is Fc1cccc(F)c1Cl.[Br-].[Br-].[Mg+2]. The Labute approximate surface area is 111 Å². The van der Waals surface area contributed by atoms with Crippen LogP contribution in [0.1, 0.15) is 0 Å². The van der Waals surface area contributed by atoms with Gasteiger partial charge in [-0.05, 0) is 12.1 Å². The van der Waals surface area contributed by atoms with E-state index in [0.717, 1.165) is 12.1 Å². The topological polar surface area (TPSA) is 0 Å². The first-order valence-electron chi connectivity index (χ1n) is 2.31. The summed E-state index contributed by atoms with van der Waals surface area (Å²) >= 11 is 5.13. The van der Waals surface area contributed by atoms with Gasteiger partial charge in [0.15, 0.2) is 0 Å². The average molecular weight is 333 g/mol. The standard InChI is InChI=1S/C6H3ClF2.2BrH.Mg/c7-6-4(8)2-1-3-5(6)9;;;/h1-3H;2*1H;/q;;;+2/p-2. The minimum atomic E-state index is -0.725. The molecule has 0 atom stereocenters. The van der Waals surface area contributed by atoms with E-state index in [1.54, 1.807) is 0 Å². The summed E-state index contributed by atoms with van der Waals surface area (Å²) in [5, 5.41) is -0.447. The van der Waals surface area contributed by atoms with Gasteiger partial charge in [0.1, 0.15) is 16.7 Å². The van der Waals surface area contributed by atoms with Gasteiger partial charge in [0.25, 0.3) is 0 Å². The predicted octanol–water partition coefficient (Wildman–Crippen LogP) is -3.75. The molecule has 1 aromatic rings. The first-order chi connectivity index (χ1) is 4.22. The maximum absolute atomic E-state index is 12.2. The van der Waals surface area contributed by atoms with E-state index in [0.29, 0.717) is 0 Å². The Hall–Kier alpha value is 1.10. The molecule has 0 nitrogen and oxygen atoms in total. The minimum absolute atomic E-state index is 0. The molecule has 0 amide bonds. The molecule has 0 aliphatic heterocycles. The van der Waals surface area contributed by atoms with Crippen molar-refractivity contribution in [3.8, 4) is 0 Å². The van der Waals surface area contributed by atoms with Crippen molar-refractivity contribution in [3.05, 3.63) is 34.9 Å². The molecule has 6 heteroatoms. The van der Waals surface area contributed by atoms with Gasteiger partial charge in [-0.1, -0.05) is 17.7 Å². The van der Waals surface area contributed by atoms with Crippen LogP contribution in [0.4, 0.5) is 8.78 Å². The van der Waals surface area contributed by atoms with Crippen LogP contribution in [0.2, 0.25) is 5.02 Å². The molecule has 0 N–H and O–H groups in total. The quantitative estimate of drug-likeness (QED) is 0.338. The summed E-state index contributed by atoms with van der Waals surface area (Å²) in [5.41, 5.74) is 0. The van der Waals surface area contributed by atoms with E-state index in [1.165, 1.54) is 6.07 Å². The van der Waals surface area contributed by atoms with Gasteiger partial charge in [-0.25, -0.2) is 8.78 Å². The normalized spacial score (nSPS) is 7.25. The Balaban J connectivity index is -0.000000270. The Morgan fingerprint density at radius 2 is 1.33 bits per heavy atom. The first kappa shape index (κ1) is 18.8. The average Bonchev–Trinajstić information content (AvgIpc) is 1.83. The predicted molar refractivity (Wildman–Crippen MR) is 37.1 cm³/mol. The fourth-order valence-electron chi connectivity index (χ4n) is 0.477. The van der Waals surface area contributed by atoms with E-state index < -0.39 is 16.7 Å². The summed E-state index contributed by atoms with van der Waals surface area (Å²) in [5.74, 6) is -1.45. The fourth-order valence-corrected chi connectivity index (χ4v) is 0.603. The molecule has 1 aromatic carbocycles. The second kappa shape index (κ2) is 8.68. The van der Waals surface area contributed by atoms with Crippen LogP contribution in [-0.2, 0) is 0 Å². The van der Waals surface area contributed by atoms with Crippen LogP contribution in [0.5, 0.6) is 0 Å². The number of halogens is 5. The van der Waals surface area contributed by atoms with E-state index >= 15 is 0 Å². The molecule has 0 heterocycles. The molecule has 0 bridgehead atoms. The summed E-state index contributed by atoms with van der Waals surface area (Å²) in [7, 11) is 0. The van der Waals surface area contributed by atoms with Gasteiger partial charge in [-0.2, -0.15) is 0 Å². The van der Waals surface area contributed by atoms with Crippen molar-refractivity contribution in [3.63, 3.8) is 0 Å². The third kappa shape index (κ3) is 4.96. The second-order valence-electron chi connectivity index (χ2n) is 1.54. The molecule has 1 rings (SSSR count). The zero-order chi connectivity index (χ0) is 6.85.